The molecule has 108 valence electrons. The fraction of sp³-hybridized carbons (Fsp3) is 0.500. The average molecular weight is 276 g/mol. The van der Waals surface area contributed by atoms with Gasteiger partial charge in [0.15, 0.2) is 0 Å². The first-order chi connectivity index (χ1) is 9.55. The summed E-state index contributed by atoms with van der Waals surface area (Å²) in [7, 11) is 0. The summed E-state index contributed by atoms with van der Waals surface area (Å²) in [6.45, 7) is 2.28. The molecule has 2 amide bonds. The number of nitrogens with one attached hydrogen (secondary N) is 2. The van der Waals surface area contributed by atoms with E-state index in [2.05, 4.69) is 15.6 Å². The van der Waals surface area contributed by atoms with Crippen LogP contribution in [0.25, 0.3) is 0 Å². The zero-order chi connectivity index (χ0) is 14.6. The van der Waals surface area contributed by atoms with E-state index in [0.717, 1.165) is 12.8 Å². The molecule has 1 aromatic heterocycles. The molecule has 4 N–H and O–H groups in total. The molecular formula is C14H20N4O2. The molecule has 1 unspecified atom stereocenters. The number of carbonyl (C=O) groups excluding carboxylic acids is 2. The van der Waals surface area contributed by atoms with E-state index in [0.29, 0.717) is 18.2 Å². The van der Waals surface area contributed by atoms with Gasteiger partial charge in [-0.15, -0.1) is 0 Å². The Labute approximate surface area is 118 Å². The van der Waals surface area contributed by atoms with Crippen molar-refractivity contribution in [2.75, 3.05) is 13.1 Å². The topological polar surface area (TPSA) is 97.1 Å². The third-order valence-electron chi connectivity index (χ3n) is 3.63. The second-order valence-electron chi connectivity index (χ2n) is 5.34. The van der Waals surface area contributed by atoms with Gasteiger partial charge in [0.1, 0.15) is 5.69 Å². The van der Waals surface area contributed by atoms with Crippen molar-refractivity contribution in [3.8, 4) is 0 Å². The lowest BCUT2D eigenvalue weighted by molar-refractivity contribution is -0.122. The fourth-order valence-corrected chi connectivity index (χ4v) is 2.15. The van der Waals surface area contributed by atoms with Crippen LogP contribution in [0.15, 0.2) is 24.4 Å². The van der Waals surface area contributed by atoms with E-state index in [-0.39, 0.29) is 23.9 Å². The molecule has 0 radical (unpaired) electrons. The minimum atomic E-state index is -0.368. The highest BCUT2D eigenvalue weighted by Crippen LogP contribution is 2.38. The Morgan fingerprint density at radius 1 is 1.45 bits per heavy atom. The lowest BCUT2D eigenvalue weighted by atomic mass is 9.96. The molecule has 20 heavy (non-hydrogen) atoms. The molecule has 1 aliphatic carbocycles. The van der Waals surface area contributed by atoms with Crippen molar-refractivity contribution in [3.63, 3.8) is 0 Å². The molecule has 1 aliphatic rings. The Morgan fingerprint density at radius 2 is 2.20 bits per heavy atom. The Morgan fingerprint density at radius 3 is 2.75 bits per heavy atom. The Hall–Kier alpha value is -1.95. The van der Waals surface area contributed by atoms with E-state index in [1.165, 1.54) is 6.20 Å². The molecule has 0 aromatic carbocycles. The van der Waals surface area contributed by atoms with Crippen LogP contribution in [0.3, 0.4) is 0 Å². The van der Waals surface area contributed by atoms with E-state index >= 15 is 0 Å². The van der Waals surface area contributed by atoms with Crippen molar-refractivity contribution in [2.24, 2.45) is 11.7 Å². The van der Waals surface area contributed by atoms with E-state index in [4.69, 9.17) is 5.73 Å². The molecule has 1 heterocycles. The molecule has 6 heteroatoms. The van der Waals surface area contributed by atoms with Crippen LogP contribution in [-0.2, 0) is 4.79 Å². The minimum Gasteiger partial charge on any atom is -0.348 e. The van der Waals surface area contributed by atoms with Gasteiger partial charge in [-0.05, 0) is 37.8 Å². The molecule has 1 atom stereocenters. The van der Waals surface area contributed by atoms with Gasteiger partial charge in [-0.25, -0.2) is 0 Å². The monoisotopic (exact) mass is 276 g/mol. The summed E-state index contributed by atoms with van der Waals surface area (Å²) in [5, 5.41) is 5.46. The Bertz CT molecular complexity index is 487. The first-order valence-electron chi connectivity index (χ1n) is 6.75. The van der Waals surface area contributed by atoms with Crippen LogP contribution in [0.5, 0.6) is 0 Å². The number of aromatic nitrogens is 1. The van der Waals surface area contributed by atoms with Crippen LogP contribution in [-0.4, -0.2) is 35.4 Å². The van der Waals surface area contributed by atoms with Gasteiger partial charge < -0.3 is 16.4 Å². The normalized spacial score (nSPS) is 17.1. The molecule has 2 rings (SSSR count). The van der Waals surface area contributed by atoms with Gasteiger partial charge in [0, 0.05) is 12.7 Å². The van der Waals surface area contributed by atoms with Crippen molar-refractivity contribution < 1.29 is 9.59 Å². The van der Waals surface area contributed by atoms with Gasteiger partial charge in [0.25, 0.3) is 5.91 Å². The number of carbonyl (C=O) groups is 2. The van der Waals surface area contributed by atoms with E-state index < -0.39 is 0 Å². The van der Waals surface area contributed by atoms with Gasteiger partial charge in [-0.2, -0.15) is 0 Å². The highest BCUT2D eigenvalue weighted by molar-refractivity contribution is 5.94. The zero-order valence-corrected chi connectivity index (χ0v) is 11.6. The lowest BCUT2D eigenvalue weighted by Crippen LogP contribution is -2.55. The van der Waals surface area contributed by atoms with Crippen LogP contribution in [0.4, 0.5) is 0 Å². The quantitative estimate of drug-likeness (QED) is 0.684. The maximum Gasteiger partial charge on any atom is 0.270 e. The maximum atomic E-state index is 11.9. The lowest BCUT2D eigenvalue weighted by Gasteiger charge is -2.29. The second-order valence-corrected chi connectivity index (χ2v) is 5.34. The first-order valence-corrected chi connectivity index (χ1v) is 6.75. The Kier molecular flexibility index (Phi) is 4.34. The first kappa shape index (κ1) is 14.5. The van der Waals surface area contributed by atoms with Crippen molar-refractivity contribution in [2.45, 2.75) is 25.3 Å². The third kappa shape index (κ3) is 3.54. The molecule has 1 fully saturated rings. The van der Waals surface area contributed by atoms with Crippen molar-refractivity contribution in [1.82, 2.24) is 15.6 Å². The van der Waals surface area contributed by atoms with Crippen molar-refractivity contribution >= 4 is 11.8 Å². The summed E-state index contributed by atoms with van der Waals surface area (Å²) in [5.74, 6) is -0.140. The van der Waals surface area contributed by atoms with Crippen LogP contribution >= 0.6 is 0 Å². The van der Waals surface area contributed by atoms with E-state index in [1.54, 1.807) is 18.2 Å². The molecule has 0 saturated heterocycles. The standard InChI is InChI=1S/C14H20N4O2/c1-14(9-15,10-5-6-10)18-12(19)8-17-13(20)11-4-2-3-7-16-11/h2-4,7,10H,5-6,8-9,15H2,1H3,(H,17,20)(H,18,19). The number of rotatable bonds is 6. The number of nitrogens with two attached hydrogens (primary N) is 1. The third-order valence-corrected chi connectivity index (χ3v) is 3.63. The summed E-state index contributed by atoms with van der Waals surface area (Å²) in [4.78, 5) is 27.6. The number of hydrogen-bond acceptors (Lipinski definition) is 4. The van der Waals surface area contributed by atoms with Crippen LogP contribution in [0.1, 0.15) is 30.3 Å². The van der Waals surface area contributed by atoms with Gasteiger partial charge in [-0.1, -0.05) is 6.07 Å². The van der Waals surface area contributed by atoms with Crippen molar-refractivity contribution in [3.05, 3.63) is 30.1 Å². The van der Waals surface area contributed by atoms with Crippen molar-refractivity contribution in [1.29, 1.82) is 0 Å². The number of hydrogen-bond donors (Lipinski definition) is 3. The highest BCUT2D eigenvalue weighted by atomic mass is 16.2. The van der Waals surface area contributed by atoms with Crippen LogP contribution in [0, 0.1) is 5.92 Å². The number of pyridine rings is 1. The van der Waals surface area contributed by atoms with E-state index in [9.17, 15) is 9.59 Å². The second kappa shape index (κ2) is 6.00. The molecular weight excluding hydrogens is 256 g/mol. The largest absolute Gasteiger partial charge is 0.348 e. The summed E-state index contributed by atoms with van der Waals surface area (Å²) >= 11 is 0. The molecule has 0 spiro atoms. The number of nitrogens with zero attached hydrogens (tertiary/aromatic N) is 1. The molecule has 0 bridgehead atoms. The Balaban J connectivity index is 1.82. The summed E-state index contributed by atoms with van der Waals surface area (Å²) in [5.41, 5.74) is 5.66. The highest BCUT2D eigenvalue weighted by Gasteiger charge is 2.41. The predicted molar refractivity (Wildman–Crippen MR) is 74.9 cm³/mol. The van der Waals surface area contributed by atoms with Crippen LogP contribution in [0.2, 0.25) is 0 Å². The van der Waals surface area contributed by atoms with Crippen LogP contribution < -0.4 is 16.4 Å². The SMILES string of the molecule is CC(CN)(NC(=O)CNC(=O)c1ccccn1)C1CC1. The number of amides is 2. The predicted octanol–water partition coefficient (Wildman–Crippen LogP) is 0.0550. The molecule has 6 nitrogen and oxygen atoms in total. The summed E-state index contributed by atoms with van der Waals surface area (Å²) < 4.78 is 0. The van der Waals surface area contributed by atoms with Gasteiger partial charge in [-0.3, -0.25) is 14.6 Å². The van der Waals surface area contributed by atoms with Gasteiger partial charge in [0.05, 0.1) is 12.1 Å². The average Bonchev–Trinajstić information content (AvgIpc) is 3.30. The van der Waals surface area contributed by atoms with Gasteiger partial charge in [0.2, 0.25) is 5.91 Å². The molecule has 1 saturated carbocycles. The summed E-state index contributed by atoms with van der Waals surface area (Å²) in [6.07, 6.45) is 3.72. The smallest absolute Gasteiger partial charge is 0.270 e. The zero-order valence-electron chi connectivity index (χ0n) is 11.6. The summed E-state index contributed by atoms with van der Waals surface area (Å²) in [6, 6.07) is 5.05. The maximum absolute atomic E-state index is 11.9. The molecule has 1 aromatic rings. The fourth-order valence-electron chi connectivity index (χ4n) is 2.15. The van der Waals surface area contributed by atoms with E-state index in [1.807, 2.05) is 6.92 Å². The molecule has 0 aliphatic heterocycles. The van der Waals surface area contributed by atoms with Gasteiger partial charge >= 0.3 is 0 Å². The minimum absolute atomic E-state index is 0.0717.